The van der Waals surface area contributed by atoms with Gasteiger partial charge >= 0.3 is 20.4 Å². The van der Waals surface area contributed by atoms with Crippen LogP contribution in [0.3, 0.4) is 0 Å². The van der Waals surface area contributed by atoms with Crippen LogP contribution in [0.25, 0.3) is 33.4 Å². The molecule has 2 atom stereocenters. The maximum atomic E-state index is 14.6. The summed E-state index contributed by atoms with van der Waals surface area (Å²) >= 11 is 5.80. The van der Waals surface area contributed by atoms with E-state index in [0.29, 0.717) is 37.4 Å². The number of esters is 4. The van der Waals surface area contributed by atoms with Gasteiger partial charge in [0.15, 0.2) is 11.9 Å². The second-order valence-electron chi connectivity index (χ2n) is 21.1. The number of piperazine rings is 1. The second-order valence-corrected chi connectivity index (χ2v) is 21.5. The Morgan fingerprint density at radius 1 is 0.684 bits per heavy atom. The molecule has 3 fully saturated rings. The summed E-state index contributed by atoms with van der Waals surface area (Å²) in [4.78, 5) is 76.9. The van der Waals surface area contributed by atoms with Crippen molar-refractivity contribution in [2.24, 2.45) is 21.7 Å². The molecule has 7 rings (SSSR count). The zero-order valence-electron chi connectivity index (χ0n) is 46.5. The third-order valence-electron chi connectivity index (χ3n) is 16.6. The van der Waals surface area contributed by atoms with E-state index in [9.17, 15) is 24.0 Å². The number of hydrogen-bond donors (Lipinski definition) is 0. The van der Waals surface area contributed by atoms with Gasteiger partial charge in [-0.15, -0.1) is 22.4 Å². The van der Waals surface area contributed by atoms with Crippen molar-refractivity contribution in [2.45, 2.75) is 107 Å². The van der Waals surface area contributed by atoms with Gasteiger partial charge in [-0.3, -0.25) is 40.7 Å². The number of anilines is 1. The number of amides is 1. The number of carbonyl (C=O) groups is 5. The molecule has 2 aliphatic heterocycles. The fourth-order valence-corrected chi connectivity index (χ4v) is 12.7. The molecule has 76 heavy (non-hydrogen) atoms. The Hall–Kier alpha value is -5.07. The molecule has 0 spiro atoms. The van der Waals surface area contributed by atoms with Crippen molar-refractivity contribution in [1.29, 1.82) is 0 Å². The molecule has 1 amide bonds. The van der Waals surface area contributed by atoms with Crippen LogP contribution >= 0.6 is 11.6 Å². The molecule has 0 N–H and O–H groups in total. The van der Waals surface area contributed by atoms with Crippen LogP contribution in [0.1, 0.15) is 117 Å². The summed E-state index contributed by atoms with van der Waals surface area (Å²) < 4.78 is 31.2. The van der Waals surface area contributed by atoms with Crippen LogP contribution in [0.2, 0.25) is 0 Å². The summed E-state index contributed by atoms with van der Waals surface area (Å²) in [5.74, 6) is -1.50. The van der Waals surface area contributed by atoms with E-state index in [1.165, 1.54) is 14.2 Å². The van der Waals surface area contributed by atoms with Crippen LogP contribution in [0.4, 0.5) is 5.69 Å². The Kier molecular flexibility index (Phi) is 20.3. The topological polar surface area (TPSA) is 148 Å². The van der Waals surface area contributed by atoms with Gasteiger partial charge in [-0.2, -0.15) is 0 Å². The fraction of sp³-hybridized carbons (Fsp3) is 0.567. The molecular weight excluding hydrogens is 1080 g/mol. The Labute approximate surface area is 469 Å². The maximum Gasteiger partial charge on any atom is 2.00 e. The summed E-state index contributed by atoms with van der Waals surface area (Å²) in [6, 6.07) is 20.8. The summed E-state index contributed by atoms with van der Waals surface area (Å²) in [5, 5.41) is 2.06. The van der Waals surface area contributed by atoms with Gasteiger partial charge in [0.05, 0.1) is 33.5 Å². The predicted molar refractivity (Wildman–Crippen MR) is 293 cm³/mol. The van der Waals surface area contributed by atoms with Gasteiger partial charge in [-0.1, -0.05) is 82.4 Å². The van der Waals surface area contributed by atoms with Gasteiger partial charge < -0.3 is 33.2 Å². The van der Waals surface area contributed by atoms with Crippen molar-refractivity contribution < 1.29 is 67.8 Å². The van der Waals surface area contributed by atoms with Crippen molar-refractivity contribution in [3.8, 4) is 22.5 Å². The largest absolute Gasteiger partial charge is 2.00 e. The first-order valence-electron chi connectivity index (χ1n) is 27.3. The third kappa shape index (κ3) is 10.9. The Balaban J connectivity index is 0.00000937. The number of carbonyl (C=O) groups excluding carboxylic acids is 5. The maximum absolute atomic E-state index is 14.6. The Morgan fingerprint density at radius 2 is 1.24 bits per heavy atom. The normalized spacial score (nSPS) is 19.4. The van der Waals surface area contributed by atoms with Gasteiger partial charge in [-0.25, -0.2) is 4.58 Å². The number of nitrogens with zero attached hydrogens (tertiary/aromatic N) is 4. The van der Waals surface area contributed by atoms with Gasteiger partial charge in [0, 0.05) is 85.0 Å². The van der Waals surface area contributed by atoms with Gasteiger partial charge in [0.1, 0.15) is 24.4 Å². The van der Waals surface area contributed by atoms with Crippen LogP contribution in [0.5, 0.6) is 0 Å². The average molecular weight is 1160 g/mol. The monoisotopic (exact) mass is 1160 g/mol. The smallest absolute Gasteiger partial charge is 0.488 e. The van der Waals surface area contributed by atoms with E-state index in [2.05, 4.69) is 84.5 Å². The number of alkyl halides is 1. The van der Waals surface area contributed by atoms with Gasteiger partial charge in [0.25, 0.3) is 17.8 Å². The molecule has 0 bridgehead atoms. The van der Waals surface area contributed by atoms with Crippen molar-refractivity contribution >= 4 is 58.0 Å². The van der Waals surface area contributed by atoms with Crippen molar-refractivity contribution in [3.05, 3.63) is 83.4 Å². The van der Waals surface area contributed by atoms with E-state index < -0.39 is 45.5 Å². The molecule has 2 saturated carbocycles. The van der Waals surface area contributed by atoms with E-state index >= 15 is 0 Å². The predicted octanol–water partition coefficient (Wildman–Crippen LogP) is 9.61. The molecule has 0 aromatic heterocycles. The molecule has 3 aliphatic carbocycles. The van der Waals surface area contributed by atoms with Crippen LogP contribution in [-0.4, -0.2) is 132 Å². The molecule has 2 aromatic rings. The molecule has 0 radical (unpaired) electrons. The first-order valence-corrected chi connectivity index (χ1v) is 27.8. The number of fused-ring (bicyclic) bond motifs is 2. The first kappa shape index (κ1) is 60.2. The minimum absolute atomic E-state index is 0. The van der Waals surface area contributed by atoms with Gasteiger partial charge in [0.2, 0.25) is 5.36 Å². The second kappa shape index (κ2) is 25.6. The van der Waals surface area contributed by atoms with Crippen molar-refractivity contribution in [3.63, 3.8) is 0 Å². The Bertz CT molecular complexity index is 2740. The average Bonchev–Trinajstić information content (AvgIpc) is 4.33. The molecular formula is C60H80ClN4O10Pd+. The fourth-order valence-electron chi connectivity index (χ4n) is 12.5. The van der Waals surface area contributed by atoms with E-state index in [1.54, 1.807) is 27.7 Å². The van der Waals surface area contributed by atoms with E-state index in [1.807, 2.05) is 23.1 Å². The number of unbranched alkanes of at least 4 members (excludes halogenated alkanes) is 6. The van der Waals surface area contributed by atoms with Gasteiger partial charge in [-0.05, 0) is 89.8 Å². The zero-order chi connectivity index (χ0) is 54.3. The molecule has 0 unspecified atom stereocenters. The standard InChI is InChI=1S/C60H80ClN4O10.Pd/c1-11-63(12-2)41-27-29-45-47(39-41)75-48-40-42(64(13-3)14-4)28-30-46(48)49(45)43-25-19-20-26-44(43)52(66)65-35-33-62(34-36-65)32-22-16-18-24-38-74-54(68)51-58(7,8)60(51,56(70)72-10)59(55(69)71-9)50(57(59,5)6)53(67)73-37-23-17-15-21-31-61;/h19-20,25-30,39-40H,11-18,21-24,31-38H2,1-10H3;/q-1;+2/t59-,60-;/m1./s1. The molecule has 1 saturated heterocycles. The number of methoxy groups -OCH3 is 2. The van der Waals surface area contributed by atoms with Crippen molar-refractivity contribution in [1.82, 2.24) is 14.4 Å². The first-order chi connectivity index (χ1) is 36.0. The number of ether oxygens (including phenoxy) is 4. The molecule has 16 heteroatoms. The summed E-state index contributed by atoms with van der Waals surface area (Å²) in [6.45, 7) is 22.8. The van der Waals surface area contributed by atoms with Crippen molar-refractivity contribution in [2.75, 3.05) is 97.1 Å². The summed E-state index contributed by atoms with van der Waals surface area (Å²) in [6.07, 6.45) is 6.45. The quantitative estimate of drug-likeness (QED) is 0.00910. The minimum Gasteiger partial charge on any atom is -0.488 e. The summed E-state index contributed by atoms with van der Waals surface area (Å²) in [5.41, 5.74) is -0.652. The SMILES string of the molecule is CCN(CC)c1ccc2c(-c3ccccc3C(=O)N3CCN(CCCCCCOC(=O)[C-]4C(C)(C)[C@@]4(C(=O)OC)[C@@]4(C(=O)OC)[C-](C(=O)OCCCCCCCl)C4(C)C)CC3)c3ccc(=[N+](CC)CC)cc-3oc2c1.[Pd+2]. The van der Waals surface area contributed by atoms with Crippen LogP contribution < -0.4 is 14.8 Å². The molecule has 416 valence electrons. The van der Waals surface area contributed by atoms with E-state index in [-0.39, 0.29) is 51.4 Å². The Morgan fingerprint density at radius 3 is 1.78 bits per heavy atom. The molecule has 2 aromatic carbocycles. The zero-order valence-corrected chi connectivity index (χ0v) is 48.8. The van der Waals surface area contributed by atoms with Crippen LogP contribution in [-0.2, 0) is 58.5 Å². The number of benzene rings is 3. The van der Waals surface area contributed by atoms with Crippen LogP contribution in [0, 0.1) is 33.5 Å². The van der Waals surface area contributed by atoms with E-state index in [0.717, 1.165) is 129 Å². The van der Waals surface area contributed by atoms with E-state index in [4.69, 9.17) is 35.0 Å². The number of hydrogen-bond acceptors (Lipinski definition) is 12. The van der Waals surface area contributed by atoms with Crippen LogP contribution in [0.15, 0.2) is 65.1 Å². The minimum atomic E-state index is -1.83. The third-order valence-corrected chi connectivity index (χ3v) is 16.9. The molecule has 2 heterocycles. The molecule has 5 aliphatic rings. The summed E-state index contributed by atoms with van der Waals surface area (Å²) in [7, 11) is 2.41. The number of halogens is 1. The molecule has 14 nitrogen and oxygen atoms in total. The number of rotatable bonds is 25.